The molecule has 31 heavy (non-hydrogen) atoms. The Morgan fingerprint density at radius 2 is 1.97 bits per heavy atom. The highest BCUT2D eigenvalue weighted by molar-refractivity contribution is 8.00. The van der Waals surface area contributed by atoms with Gasteiger partial charge in [-0.3, -0.25) is 14.7 Å². The van der Waals surface area contributed by atoms with Gasteiger partial charge in [-0.2, -0.15) is 13.1 Å². The van der Waals surface area contributed by atoms with E-state index in [1.165, 1.54) is 11.8 Å². The zero-order valence-electron chi connectivity index (χ0n) is 17.3. The van der Waals surface area contributed by atoms with Crippen LogP contribution in [-0.4, -0.2) is 83.2 Å². The highest BCUT2D eigenvalue weighted by Crippen LogP contribution is 2.16. The molecular formula is C15H27N5O9S2. The van der Waals surface area contributed by atoms with Gasteiger partial charge >= 0.3 is 22.2 Å². The first-order valence-corrected chi connectivity index (χ1v) is 11.4. The van der Waals surface area contributed by atoms with Crippen molar-refractivity contribution in [3.63, 3.8) is 0 Å². The zero-order chi connectivity index (χ0) is 24.0. The number of carbonyl (C=O) groups excluding carboxylic acids is 2. The number of hydrogen-bond acceptors (Lipinski definition) is 11. The monoisotopic (exact) mass is 485 g/mol. The number of rotatable bonds is 10. The summed E-state index contributed by atoms with van der Waals surface area (Å²) in [6.45, 7) is 5.48. The predicted octanol–water partition coefficient (Wildman–Crippen LogP) is -2.00. The van der Waals surface area contributed by atoms with Gasteiger partial charge in [0, 0.05) is 5.75 Å². The largest absolute Gasteiger partial charge is 0.480 e. The number of hydrogen-bond donors (Lipinski definition) is 6. The number of oxime groups is 1. The van der Waals surface area contributed by atoms with E-state index in [-0.39, 0.29) is 5.71 Å². The molecule has 1 heterocycles. The first kappa shape index (κ1) is 27.1. The Labute approximate surface area is 183 Å². The van der Waals surface area contributed by atoms with Gasteiger partial charge in [0.2, 0.25) is 6.61 Å². The number of nitrogens with two attached hydrogens (primary N) is 1. The molecule has 0 spiro atoms. The van der Waals surface area contributed by atoms with Crippen molar-refractivity contribution in [2.75, 3.05) is 12.4 Å². The maximum Gasteiger partial charge on any atom is 0.347 e. The predicted molar refractivity (Wildman–Crippen MR) is 110 cm³/mol. The summed E-state index contributed by atoms with van der Waals surface area (Å²) in [6.07, 6.45) is 0. The number of aliphatic carboxylic acids is 1. The van der Waals surface area contributed by atoms with Crippen LogP contribution in [0.4, 0.5) is 0 Å². The van der Waals surface area contributed by atoms with Gasteiger partial charge in [0.25, 0.3) is 5.91 Å². The minimum absolute atomic E-state index is 0.291. The van der Waals surface area contributed by atoms with Crippen molar-refractivity contribution in [2.45, 2.75) is 56.9 Å². The zero-order valence-corrected chi connectivity index (χ0v) is 18.9. The van der Waals surface area contributed by atoms with Gasteiger partial charge in [0.1, 0.15) is 17.1 Å². The Bertz CT molecular complexity index is 812. The third-order valence-electron chi connectivity index (χ3n) is 3.52. The van der Waals surface area contributed by atoms with Crippen molar-refractivity contribution in [2.24, 2.45) is 10.9 Å². The summed E-state index contributed by atoms with van der Waals surface area (Å²) in [5, 5.41) is 17.9. The molecule has 1 aliphatic rings. The van der Waals surface area contributed by atoms with Gasteiger partial charge in [0.05, 0.1) is 12.1 Å². The molecule has 0 saturated carbocycles. The molecule has 0 bridgehead atoms. The number of thioether (sulfide) groups is 1. The molecular weight excluding hydrogens is 458 g/mol. The van der Waals surface area contributed by atoms with Gasteiger partial charge < -0.3 is 25.7 Å². The Morgan fingerprint density at radius 3 is 2.42 bits per heavy atom. The lowest BCUT2D eigenvalue weighted by atomic mass is 10.1. The van der Waals surface area contributed by atoms with E-state index in [9.17, 15) is 27.9 Å². The summed E-state index contributed by atoms with van der Waals surface area (Å²) in [4.78, 5) is 40.9. The molecule has 1 amide bonds. The number of carboxylic acid groups (broad SMARTS) is 1. The second kappa shape index (κ2) is 11.1. The van der Waals surface area contributed by atoms with E-state index < -0.39 is 64.0 Å². The van der Waals surface area contributed by atoms with Gasteiger partial charge in [-0.05, 0) is 27.7 Å². The molecule has 14 nitrogen and oxygen atoms in total. The van der Waals surface area contributed by atoms with Crippen LogP contribution in [0.3, 0.4) is 0 Å². The summed E-state index contributed by atoms with van der Waals surface area (Å²) >= 11 is 1.26. The van der Waals surface area contributed by atoms with Crippen molar-refractivity contribution in [1.82, 2.24) is 15.4 Å². The summed E-state index contributed by atoms with van der Waals surface area (Å²) in [5.74, 6) is -3.03. The van der Waals surface area contributed by atoms with E-state index in [0.29, 0.717) is 5.75 Å². The average molecular weight is 486 g/mol. The molecule has 0 aromatic heterocycles. The summed E-state index contributed by atoms with van der Waals surface area (Å²) < 4.78 is 37.5. The van der Waals surface area contributed by atoms with Crippen molar-refractivity contribution in [1.29, 1.82) is 0 Å². The molecule has 0 aliphatic carbocycles. The smallest absolute Gasteiger partial charge is 0.347 e. The Kier molecular flexibility index (Phi) is 9.65. The van der Waals surface area contributed by atoms with Crippen molar-refractivity contribution in [3.05, 3.63) is 0 Å². The fraction of sp³-hybridized carbons (Fsp3) is 0.733. The number of ether oxygens (including phenoxy) is 1. The lowest BCUT2D eigenvalue weighted by Crippen LogP contribution is -2.57. The second-order valence-corrected chi connectivity index (χ2v) is 9.84. The van der Waals surface area contributed by atoms with E-state index in [4.69, 9.17) is 19.9 Å². The fourth-order valence-corrected chi connectivity index (χ4v) is 3.88. The molecule has 4 atom stereocenters. The van der Waals surface area contributed by atoms with Crippen molar-refractivity contribution >= 4 is 45.6 Å². The van der Waals surface area contributed by atoms with Crippen LogP contribution >= 0.6 is 11.8 Å². The highest BCUT2D eigenvalue weighted by Gasteiger charge is 2.35. The van der Waals surface area contributed by atoms with Gasteiger partial charge in [-0.25, -0.2) is 9.59 Å². The Morgan fingerprint density at radius 1 is 1.35 bits per heavy atom. The quantitative estimate of drug-likeness (QED) is 0.0856. The van der Waals surface area contributed by atoms with Crippen LogP contribution < -0.4 is 21.1 Å². The fourth-order valence-electron chi connectivity index (χ4n) is 2.36. The van der Waals surface area contributed by atoms with Crippen LogP contribution in [0.25, 0.3) is 0 Å². The molecule has 0 aromatic rings. The molecule has 0 radical (unpaired) electrons. The Hall–Kier alpha value is -1.98. The van der Waals surface area contributed by atoms with Gasteiger partial charge in [-0.15, -0.1) is 11.8 Å². The lowest BCUT2D eigenvalue weighted by Gasteiger charge is -2.22. The number of amides is 1. The number of nitrogens with zero attached hydrogens (tertiary/aromatic N) is 1. The Balaban J connectivity index is 2.97. The molecule has 1 rings (SSSR count). The number of carboxylic acids is 1. The molecule has 16 heteroatoms. The van der Waals surface area contributed by atoms with Gasteiger partial charge in [0.15, 0.2) is 5.71 Å². The summed E-state index contributed by atoms with van der Waals surface area (Å²) in [5.41, 5.74) is 4.14. The molecule has 2 unspecified atom stereocenters. The SMILES string of the molecule is C[C@H](NS(=O)(=O)O)[C@H](NC(=O)/C(=N\OCC(=O)OC(C)(C)C)C1CSC(N)N1)C(=O)O. The maximum absolute atomic E-state index is 12.7. The molecule has 1 fully saturated rings. The van der Waals surface area contributed by atoms with Crippen LogP contribution in [0, 0.1) is 0 Å². The van der Waals surface area contributed by atoms with Crippen LogP contribution in [0.15, 0.2) is 5.16 Å². The summed E-state index contributed by atoms with van der Waals surface area (Å²) in [6, 6.07) is -3.90. The lowest BCUT2D eigenvalue weighted by molar-refractivity contribution is -0.160. The van der Waals surface area contributed by atoms with E-state index in [0.717, 1.165) is 6.92 Å². The van der Waals surface area contributed by atoms with Crippen molar-refractivity contribution in [3.8, 4) is 0 Å². The van der Waals surface area contributed by atoms with Crippen LogP contribution in [-0.2, 0) is 34.3 Å². The molecule has 1 aliphatic heterocycles. The third-order valence-corrected chi connectivity index (χ3v) is 5.21. The van der Waals surface area contributed by atoms with E-state index in [1.54, 1.807) is 25.5 Å². The molecule has 1 saturated heterocycles. The van der Waals surface area contributed by atoms with Gasteiger partial charge in [-0.1, -0.05) is 5.16 Å². The highest BCUT2D eigenvalue weighted by atomic mass is 32.2. The van der Waals surface area contributed by atoms with Crippen molar-refractivity contribution < 1.29 is 42.0 Å². The standard InChI is InChI=1S/C15H27N5O9S2/c1-7(20-31(25,26)27)10(13(23)24)18-12(22)11(8-6-30-14(16)17-8)19-28-5-9(21)29-15(2,3)4/h7-8,10,14,17,20H,5-6,16H2,1-4H3,(H,18,22)(H,23,24)(H,25,26,27)/b19-11-/t7-,8?,10-,14?/m0/s1. The molecule has 0 aromatic carbocycles. The van der Waals surface area contributed by atoms with E-state index in [1.807, 2.05) is 0 Å². The van der Waals surface area contributed by atoms with Crippen LogP contribution in [0.5, 0.6) is 0 Å². The van der Waals surface area contributed by atoms with E-state index >= 15 is 0 Å². The van der Waals surface area contributed by atoms with E-state index in [2.05, 4.69) is 15.8 Å². The molecule has 178 valence electrons. The molecule has 7 N–H and O–H groups in total. The minimum atomic E-state index is -4.72. The second-order valence-electron chi connectivity index (χ2n) is 7.48. The number of esters is 1. The maximum atomic E-state index is 12.7. The third kappa shape index (κ3) is 10.3. The topological polar surface area (TPSA) is 219 Å². The van der Waals surface area contributed by atoms with Crippen LogP contribution in [0.1, 0.15) is 27.7 Å². The number of carbonyl (C=O) groups is 3. The normalized spacial score (nSPS) is 21.8. The minimum Gasteiger partial charge on any atom is -0.480 e. The average Bonchev–Trinajstić information content (AvgIpc) is 2.98. The van der Waals surface area contributed by atoms with Crippen LogP contribution in [0.2, 0.25) is 0 Å². The number of nitrogens with one attached hydrogen (secondary N) is 3. The first-order chi connectivity index (χ1) is 14.1. The summed E-state index contributed by atoms with van der Waals surface area (Å²) in [7, 11) is -4.72. The first-order valence-electron chi connectivity index (χ1n) is 8.92.